The topological polar surface area (TPSA) is 58.2 Å². The predicted molar refractivity (Wildman–Crippen MR) is 51.8 cm³/mol. The lowest BCUT2D eigenvalue weighted by molar-refractivity contribution is -0.671. The molecule has 0 saturated carbocycles. The molecule has 1 heterocycles. The van der Waals surface area contributed by atoms with Gasteiger partial charge in [-0.3, -0.25) is 0 Å². The van der Waals surface area contributed by atoms with Crippen LogP contribution in [0.25, 0.3) is 0 Å². The third-order valence-corrected chi connectivity index (χ3v) is 2.18. The van der Waals surface area contributed by atoms with Gasteiger partial charge in [-0.25, -0.2) is 9.13 Å². The number of aromatic nitrogens is 2. The van der Waals surface area contributed by atoms with Gasteiger partial charge in [0, 0.05) is 13.8 Å². The number of aryl methyl sites for hydroxylation is 2. The van der Waals surface area contributed by atoms with Gasteiger partial charge in [-0.15, -0.1) is 0 Å². The van der Waals surface area contributed by atoms with Gasteiger partial charge >= 0.3 is 0 Å². The highest BCUT2D eigenvalue weighted by atomic mass is 31.2. The molecule has 1 unspecified atom stereocenters. The molecule has 0 aliphatic carbocycles. The Morgan fingerprint density at radius 1 is 1.64 bits per heavy atom. The molecule has 6 heteroatoms. The lowest BCUT2D eigenvalue weighted by atomic mass is 10.7. The maximum Gasteiger partial charge on any atom is 0.243 e. The summed E-state index contributed by atoms with van der Waals surface area (Å²) in [5.74, 6) is 0. The third-order valence-electron chi connectivity index (χ3n) is 1.52. The van der Waals surface area contributed by atoms with E-state index in [9.17, 15) is 9.46 Å². The number of nitrogens with zero attached hydrogens (tertiary/aromatic N) is 2. The van der Waals surface area contributed by atoms with Crippen LogP contribution in [0.1, 0.15) is 6.92 Å². The predicted octanol–water partition coefficient (Wildman–Crippen LogP) is 0.148. The molecule has 0 bridgehead atoms. The van der Waals surface area contributed by atoms with Crippen molar-refractivity contribution in [1.29, 1.82) is 0 Å². The normalized spacial score (nSPS) is 14.1. The van der Waals surface area contributed by atoms with E-state index in [-0.39, 0.29) is 0 Å². The molecule has 0 amide bonds. The van der Waals surface area contributed by atoms with Crippen LogP contribution in [-0.2, 0) is 22.7 Å². The molecule has 1 aromatic heterocycles. The van der Waals surface area contributed by atoms with Crippen LogP contribution in [0.5, 0.6) is 0 Å². The number of hydrogen-bond acceptors (Lipinski definition) is 3. The maximum atomic E-state index is 9.81. The number of hydrogen-bond donors (Lipinski definition) is 0. The van der Waals surface area contributed by atoms with Crippen LogP contribution in [0.2, 0.25) is 0 Å². The van der Waals surface area contributed by atoms with E-state index in [4.69, 9.17) is 0 Å². The first kappa shape index (κ1) is 13.4. The zero-order chi connectivity index (χ0) is 11.2. The monoisotopic (exact) mass is 220 g/mol. The Kier molecular flexibility index (Phi) is 5.69. The molecular weight excluding hydrogens is 203 g/mol. The standard InChI is InChI=1S/C6H11N2.C2H7O3P/c1-3-8-5-4-7(2)6-8;1-5-6(2,3)4/h4-6H,3H2,1-2H3;1-2H3,(H,3,4)/q+1;/p-1. The molecule has 0 aromatic carbocycles. The zero-order valence-corrected chi connectivity index (χ0v) is 9.90. The Hall–Kier alpha value is -0.640. The van der Waals surface area contributed by atoms with Crippen molar-refractivity contribution in [2.24, 2.45) is 7.05 Å². The van der Waals surface area contributed by atoms with Crippen molar-refractivity contribution >= 4 is 7.60 Å². The van der Waals surface area contributed by atoms with Gasteiger partial charge in [-0.2, -0.15) is 0 Å². The minimum Gasteiger partial charge on any atom is -0.779 e. The lowest BCUT2D eigenvalue weighted by Crippen LogP contribution is -2.23. The smallest absolute Gasteiger partial charge is 0.243 e. The van der Waals surface area contributed by atoms with Crippen molar-refractivity contribution in [3.8, 4) is 0 Å². The van der Waals surface area contributed by atoms with Crippen molar-refractivity contribution in [3.63, 3.8) is 0 Å². The molecule has 0 aliphatic heterocycles. The first-order valence-corrected chi connectivity index (χ1v) is 6.23. The van der Waals surface area contributed by atoms with E-state index in [1.807, 2.05) is 17.8 Å². The average molecular weight is 220 g/mol. The molecule has 0 N–H and O–H groups in total. The molecule has 14 heavy (non-hydrogen) atoms. The van der Waals surface area contributed by atoms with Gasteiger partial charge in [-0.05, 0) is 6.92 Å². The van der Waals surface area contributed by atoms with Crippen molar-refractivity contribution in [2.45, 2.75) is 13.5 Å². The quantitative estimate of drug-likeness (QED) is 0.526. The van der Waals surface area contributed by atoms with Gasteiger partial charge in [0.05, 0.1) is 13.6 Å². The SMILES string of the molecule is CCn1cc[n+](C)c1.COP(C)(=O)[O-]. The molecule has 1 atom stereocenters. The van der Waals surface area contributed by atoms with E-state index >= 15 is 0 Å². The summed E-state index contributed by atoms with van der Waals surface area (Å²) in [6.07, 6.45) is 6.14. The molecule has 0 spiro atoms. The van der Waals surface area contributed by atoms with E-state index in [1.165, 1.54) is 0 Å². The second-order valence-electron chi connectivity index (χ2n) is 2.86. The second kappa shape index (κ2) is 5.96. The van der Waals surface area contributed by atoms with Gasteiger partial charge in [0.25, 0.3) is 0 Å². The summed E-state index contributed by atoms with van der Waals surface area (Å²) in [6.45, 7) is 4.20. The first-order chi connectivity index (χ1) is 6.39. The fourth-order valence-electron chi connectivity index (χ4n) is 0.689. The Labute approximate surface area is 84.5 Å². The van der Waals surface area contributed by atoms with Crippen molar-refractivity contribution < 1.29 is 18.5 Å². The van der Waals surface area contributed by atoms with Crippen molar-refractivity contribution in [2.75, 3.05) is 13.8 Å². The largest absolute Gasteiger partial charge is 0.779 e. The van der Waals surface area contributed by atoms with Gasteiger partial charge in [0.2, 0.25) is 6.33 Å². The minimum absolute atomic E-state index is 1.02. The van der Waals surface area contributed by atoms with E-state index in [0.29, 0.717) is 0 Å². The zero-order valence-electron chi connectivity index (χ0n) is 9.01. The average Bonchev–Trinajstić information content (AvgIpc) is 2.51. The van der Waals surface area contributed by atoms with E-state index < -0.39 is 7.60 Å². The highest BCUT2D eigenvalue weighted by Gasteiger charge is 1.92. The molecule has 0 fully saturated rings. The highest BCUT2D eigenvalue weighted by molar-refractivity contribution is 7.50. The Morgan fingerprint density at radius 2 is 2.14 bits per heavy atom. The van der Waals surface area contributed by atoms with Crippen LogP contribution < -0.4 is 9.46 Å². The summed E-state index contributed by atoms with van der Waals surface area (Å²) in [4.78, 5) is 9.81. The van der Waals surface area contributed by atoms with Gasteiger partial charge < -0.3 is 14.0 Å². The molecule has 0 saturated heterocycles. The Balaban J connectivity index is 0.000000255. The summed E-state index contributed by atoms with van der Waals surface area (Å²) in [6, 6.07) is 0. The fourth-order valence-corrected chi connectivity index (χ4v) is 0.689. The fraction of sp³-hybridized carbons (Fsp3) is 0.625. The molecule has 0 radical (unpaired) electrons. The van der Waals surface area contributed by atoms with Crippen LogP contribution >= 0.6 is 7.60 Å². The molecule has 82 valence electrons. The summed E-state index contributed by atoms with van der Waals surface area (Å²) >= 11 is 0. The van der Waals surface area contributed by atoms with E-state index in [2.05, 4.69) is 28.5 Å². The van der Waals surface area contributed by atoms with Crippen LogP contribution in [0.4, 0.5) is 0 Å². The minimum atomic E-state index is -3.40. The Bertz CT molecular complexity index is 305. The maximum absolute atomic E-state index is 9.81. The molecular formula is C8H17N2O3P. The summed E-state index contributed by atoms with van der Waals surface area (Å²) in [5.41, 5.74) is 0. The van der Waals surface area contributed by atoms with Crippen LogP contribution in [-0.4, -0.2) is 18.3 Å². The van der Waals surface area contributed by atoms with Crippen molar-refractivity contribution in [3.05, 3.63) is 18.7 Å². The number of imidazole rings is 1. The van der Waals surface area contributed by atoms with E-state index in [0.717, 1.165) is 20.3 Å². The first-order valence-electron chi connectivity index (χ1n) is 4.24. The summed E-state index contributed by atoms with van der Waals surface area (Å²) in [7, 11) is -0.244. The van der Waals surface area contributed by atoms with Crippen LogP contribution in [0, 0.1) is 0 Å². The second-order valence-corrected chi connectivity index (χ2v) is 4.77. The van der Waals surface area contributed by atoms with Gasteiger partial charge in [0.15, 0.2) is 0 Å². The molecule has 0 aliphatic rings. The van der Waals surface area contributed by atoms with Gasteiger partial charge in [0.1, 0.15) is 20.0 Å². The summed E-state index contributed by atoms with van der Waals surface area (Å²) in [5, 5.41) is 0. The lowest BCUT2D eigenvalue weighted by Gasteiger charge is -2.12. The third kappa shape index (κ3) is 6.83. The van der Waals surface area contributed by atoms with Crippen LogP contribution in [0.3, 0.4) is 0 Å². The van der Waals surface area contributed by atoms with Gasteiger partial charge in [-0.1, -0.05) is 0 Å². The highest BCUT2D eigenvalue weighted by Crippen LogP contribution is 2.28. The Morgan fingerprint density at radius 3 is 2.29 bits per heavy atom. The van der Waals surface area contributed by atoms with Crippen LogP contribution in [0.15, 0.2) is 18.7 Å². The van der Waals surface area contributed by atoms with Crippen molar-refractivity contribution in [1.82, 2.24) is 4.57 Å². The number of rotatable bonds is 2. The molecule has 1 aromatic rings. The summed E-state index contributed by atoms with van der Waals surface area (Å²) < 4.78 is 17.9. The van der Waals surface area contributed by atoms with E-state index in [1.54, 1.807) is 0 Å². The molecule has 1 rings (SSSR count). The molecule has 5 nitrogen and oxygen atoms in total.